The first kappa shape index (κ1) is 14.8. The maximum absolute atomic E-state index is 13.3. The first-order chi connectivity index (χ1) is 11.6. The monoisotopic (exact) mass is 339 g/mol. The van der Waals surface area contributed by atoms with Crippen LogP contribution in [0.3, 0.4) is 0 Å². The molecule has 0 atom stereocenters. The lowest BCUT2D eigenvalue weighted by Gasteiger charge is -2.24. The zero-order valence-corrected chi connectivity index (χ0v) is 13.9. The number of halogens is 1. The van der Waals surface area contributed by atoms with Crippen LogP contribution in [0.1, 0.15) is 16.1 Å². The molecule has 120 valence electrons. The molecule has 24 heavy (non-hydrogen) atoms. The summed E-state index contributed by atoms with van der Waals surface area (Å²) >= 11 is 6.20. The topological polar surface area (TPSA) is 49.6 Å². The van der Waals surface area contributed by atoms with Gasteiger partial charge in [-0.3, -0.25) is 9.69 Å². The first-order valence-electron chi connectivity index (χ1n) is 7.47. The number of fused-ring (bicyclic) bond motifs is 2. The largest absolute Gasteiger partial charge is 0.359 e. The molecule has 0 fully saturated rings. The Morgan fingerprint density at radius 2 is 1.83 bits per heavy atom. The molecule has 0 spiro atoms. The van der Waals surface area contributed by atoms with Gasteiger partial charge in [0.1, 0.15) is 11.3 Å². The number of rotatable bonds is 1. The minimum Gasteiger partial charge on any atom is -0.359 e. The second kappa shape index (κ2) is 5.39. The van der Waals surface area contributed by atoms with Gasteiger partial charge in [0, 0.05) is 17.8 Å². The van der Waals surface area contributed by atoms with E-state index in [2.05, 4.69) is 5.16 Å². The number of anilines is 4. The minimum absolute atomic E-state index is 0.192. The highest BCUT2D eigenvalue weighted by atomic mass is 35.5. The van der Waals surface area contributed by atoms with Crippen LogP contribution >= 0.6 is 11.6 Å². The highest BCUT2D eigenvalue weighted by Crippen LogP contribution is 2.44. The number of carbonyl (C=O) groups is 1. The Labute approximate surface area is 144 Å². The Morgan fingerprint density at radius 1 is 1.08 bits per heavy atom. The molecule has 1 aliphatic rings. The molecule has 2 heterocycles. The van der Waals surface area contributed by atoms with Gasteiger partial charge in [0.15, 0.2) is 5.82 Å². The Hall–Kier alpha value is -2.79. The summed E-state index contributed by atoms with van der Waals surface area (Å²) < 4.78 is 5.27. The van der Waals surface area contributed by atoms with Crippen molar-refractivity contribution in [3.63, 3.8) is 0 Å². The normalized spacial score (nSPS) is 13.5. The van der Waals surface area contributed by atoms with Crippen molar-refractivity contribution in [2.45, 2.75) is 6.92 Å². The molecule has 1 amide bonds. The standard InChI is InChI=1S/C18H14ClN3O2/c1-11-16-17(20-24-11)21(2)14-9-8-12(19)10-15(14)22(18(16)23)13-6-4-3-5-7-13/h3-10H,1-2H3. The van der Waals surface area contributed by atoms with Gasteiger partial charge in [-0.1, -0.05) is 35.0 Å². The van der Waals surface area contributed by atoms with Gasteiger partial charge in [-0.2, -0.15) is 0 Å². The smallest absolute Gasteiger partial charge is 0.270 e. The third-order valence-corrected chi connectivity index (χ3v) is 4.37. The van der Waals surface area contributed by atoms with E-state index in [0.29, 0.717) is 27.9 Å². The Balaban J connectivity index is 2.05. The van der Waals surface area contributed by atoms with Crippen LogP contribution in [0.2, 0.25) is 5.02 Å². The van der Waals surface area contributed by atoms with E-state index in [1.807, 2.05) is 48.3 Å². The van der Waals surface area contributed by atoms with E-state index in [0.717, 1.165) is 11.4 Å². The number of aromatic nitrogens is 1. The molecule has 0 saturated heterocycles. The summed E-state index contributed by atoms with van der Waals surface area (Å²) in [6.07, 6.45) is 0. The van der Waals surface area contributed by atoms with Gasteiger partial charge in [0.05, 0.1) is 11.4 Å². The van der Waals surface area contributed by atoms with Gasteiger partial charge in [-0.15, -0.1) is 0 Å². The zero-order valence-electron chi connectivity index (χ0n) is 13.2. The number of nitrogens with zero attached hydrogens (tertiary/aromatic N) is 3. The molecule has 1 aliphatic heterocycles. The van der Waals surface area contributed by atoms with Crippen molar-refractivity contribution in [2.24, 2.45) is 0 Å². The van der Waals surface area contributed by atoms with Crippen LogP contribution in [-0.4, -0.2) is 18.1 Å². The molecule has 0 bridgehead atoms. The summed E-state index contributed by atoms with van der Waals surface area (Å²) in [4.78, 5) is 16.8. The summed E-state index contributed by atoms with van der Waals surface area (Å²) in [5, 5.41) is 4.63. The molecule has 1 aromatic heterocycles. The SMILES string of the molecule is Cc1onc2c1C(=O)N(c1ccccc1)c1cc(Cl)ccc1N2C. The van der Waals surface area contributed by atoms with Crippen LogP contribution in [0.4, 0.5) is 22.9 Å². The number of amides is 1. The Morgan fingerprint density at radius 3 is 2.58 bits per heavy atom. The van der Waals surface area contributed by atoms with E-state index >= 15 is 0 Å². The number of hydrogen-bond acceptors (Lipinski definition) is 4. The van der Waals surface area contributed by atoms with Crippen LogP contribution in [0.25, 0.3) is 0 Å². The Kier molecular flexibility index (Phi) is 3.32. The summed E-state index contributed by atoms with van der Waals surface area (Å²) in [7, 11) is 1.86. The summed E-state index contributed by atoms with van der Waals surface area (Å²) in [5.74, 6) is 0.795. The van der Waals surface area contributed by atoms with Crippen molar-refractivity contribution in [3.8, 4) is 0 Å². The van der Waals surface area contributed by atoms with Crippen LogP contribution < -0.4 is 9.80 Å². The van der Waals surface area contributed by atoms with Gasteiger partial charge in [0.25, 0.3) is 5.91 Å². The average molecular weight is 340 g/mol. The quantitative estimate of drug-likeness (QED) is 0.645. The molecular weight excluding hydrogens is 326 g/mol. The van der Waals surface area contributed by atoms with Gasteiger partial charge in [-0.05, 0) is 37.3 Å². The zero-order chi connectivity index (χ0) is 16.8. The minimum atomic E-state index is -0.192. The highest BCUT2D eigenvalue weighted by Gasteiger charge is 2.35. The van der Waals surface area contributed by atoms with Crippen molar-refractivity contribution in [2.75, 3.05) is 16.8 Å². The molecule has 0 aliphatic carbocycles. The molecule has 6 heteroatoms. The van der Waals surface area contributed by atoms with Crippen molar-refractivity contribution >= 4 is 40.4 Å². The van der Waals surface area contributed by atoms with Crippen molar-refractivity contribution in [1.82, 2.24) is 5.16 Å². The van der Waals surface area contributed by atoms with Gasteiger partial charge < -0.3 is 9.42 Å². The number of para-hydroxylation sites is 1. The van der Waals surface area contributed by atoms with Gasteiger partial charge in [-0.25, -0.2) is 0 Å². The summed E-state index contributed by atoms with van der Waals surface area (Å²) in [6, 6.07) is 14.9. The van der Waals surface area contributed by atoms with E-state index < -0.39 is 0 Å². The lowest BCUT2D eigenvalue weighted by molar-refractivity contribution is 0.0999. The van der Waals surface area contributed by atoms with E-state index in [-0.39, 0.29) is 5.91 Å². The second-order valence-corrected chi connectivity index (χ2v) is 6.04. The molecule has 0 N–H and O–H groups in total. The Bertz CT molecular complexity index is 937. The lowest BCUT2D eigenvalue weighted by atomic mass is 10.1. The lowest BCUT2D eigenvalue weighted by Crippen LogP contribution is -2.25. The second-order valence-electron chi connectivity index (χ2n) is 5.61. The maximum Gasteiger partial charge on any atom is 0.270 e. The fourth-order valence-electron chi connectivity index (χ4n) is 2.96. The maximum atomic E-state index is 13.3. The third kappa shape index (κ3) is 2.09. The molecule has 3 aromatic rings. The number of hydrogen-bond donors (Lipinski definition) is 0. The summed E-state index contributed by atoms with van der Waals surface area (Å²) in [6.45, 7) is 1.74. The van der Waals surface area contributed by atoms with Crippen LogP contribution in [-0.2, 0) is 0 Å². The van der Waals surface area contributed by atoms with Crippen molar-refractivity contribution in [3.05, 3.63) is 64.9 Å². The predicted octanol–water partition coefficient (Wildman–Crippen LogP) is 4.70. The van der Waals surface area contributed by atoms with Crippen molar-refractivity contribution in [1.29, 1.82) is 0 Å². The number of carbonyl (C=O) groups excluding carboxylic acids is 1. The van der Waals surface area contributed by atoms with Gasteiger partial charge in [0.2, 0.25) is 0 Å². The van der Waals surface area contributed by atoms with Crippen molar-refractivity contribution < 1.29 is 9.32 Å². The molecule has 2 aromatic carbocycles. The molecule has 0 unspecified atom stereocenters. The van der Waals surface area contributed by atoms with Crippen LogP contribution in [0.5, 0.6) is 0 Å². The van der Waals surface area contributed by atoms with E-state index in [4.69, 9.17) is 16.1 Å². The fraction of sp³-hybridized carbons (Fsp3) is 0.111. The predicted molar refractivity (Wildman–Crippen MR) is 93.7 cm³/mol. The fourth-order valence-corrected chi connectivity index (χ4v) is 3.13. The molecule has 4 rings (SSSR count). The van der Waals surface area contributed by atoms with E-state index in [9.17, 15) is 4.79 Å². The number of benzene rings is 2. The van der Waals surface area contributed by atoms with E-state index in [1.54, 1.807) is 24.0 Å². The van der Waals surface area contributed by atoms with Crippen LogP contribution in [0.15, 0.2) is 53.1 Å². The molecular formula is C18H14ClN3O2. The van der Waals surface area contributed by atoms with Gasteiger partial charge >= 0.3 is 0 Å². The van der Waals surface area contributed by atoms with E-state index in [1.165, 1.54) is 0 Å². The summed E-state index contributed by atoms with van der Waals surface area (Å²) in [5.41, 5.74) is 2.74. The number of aryl methyl sites for hydroxylation is 1. The third-order valence-electron chi connectivity index (χ3n) is 4.13. The molecule has 0 radical (unpaired) electrons. The highest BCUT2D eigenvalue weighted by molar-refractivity contribution is 6.31. The first-order valence-corrected chi connectivity index (χ1v) is 7.85. The molecule has 0 saturated carbocycles. The average Bonchev–Trinajstić information content (AvgIpc) is 2.93. The molecule has 5 nitrogen and oxygen atoms in total. The van der Waals surface area contributed by atoms with Crippen LogP contribution in [0, 0.1) is 6.92 Å².